The molecule has 158 valence electrons. The minimum atomic E-state index is -0.629. The van der Waals surface area contributed by atoms with E-state index in [0.29, 0.717) is 5.69 Å². The van der Waals surface area contributed by atoms with Crippen LogP contribution in [0, 0.1) is 10.1 Å². The van der Waals surface area contributed by atoms with E-state index in [1.54, 1.807) is 36.4 Å². The van der Waals surface area contributed by atoms with Crippen molar-refractivity contribution in [3.05, 3.63) is 68.2 Å². The largest absolute Gasteiger partial charge is 0.469 e. The summed E-state index contributed by atoms with van der Waals surface area (Å²) in [6.07, 6.45) is 1.92. The molecule has 1 N–H and O–H groups in total. The third kappa shape index (κ3) is 5.15. The average Bonchev–Trinajstić information content (AvgIpc) is 3.28. The van der Waals surface area contributed by atoms with Crippen LogP contribution in [0.15, 0.2) is 46.9 Å². The molecule has 1 unspecified atom stereocenters. The number of nitro groups is 1. The number of esters is 1. The smallest absolute Gasteiger partial charge is 0.307 e. The number of nitrogens with zero attached hydrogens (tertiary/aromatic N) is 2. The summed E-state index contributed by atoms with van der Waals surface area (Å²) in [6.45, 7) is 1.52. The molecule has 2 aromatic rings. The van der Waals surface area contributed by atoms with Crippen molar-refractivity contribution in [1.29, 1.82) is 0 Å². The number of amides is 1. The minimum Gasteiger partial charge on any atom is -0.469 e. The van der Waals surface area contributed by atoms with E-state index in [0.717, 1.165) is 36.0 Å². The molecule has 1 atom stereocenters. The maximum atomic E-state index is 12.9. The highest BCUT2D eigenvalue weighted by Crippen LogP contribution is 2.32. The van der Waals surface area contributed by atoms with Crippen LogP contribution in [0.1, 0.15) is 41.2 Å². The van der Waals surface area contributed by atoms with Gasteiger partial charge in [-0.2, -0.15) is 0 Å². The maximum absolute atomic E-state index is 12.9. The molecule has 1 saturated heterocycles. The van der Waals surface area contributed by atoms with Crippen LogP contribution in [0.3, 0.4) is 0 Å². The molecule has 0 saturated carbocycles. The van der Waals surface area contributed by atoms with Crippen molar-refractivity contribution in [3.8, 4) is 0 Å². The number of halogens is 1. The zero-order chi connectivity index (χ0) is 21.7. The highest BCUT2D eigenvalue weighted by molar-refractivity contribution is 9.10. The standard InChI is InChI=1S/C21H22BrN3O5/c1-30-20(26)13-17(14-4-7-16(22)8-5-14)23-21(27)15-6-9-18(19(12-15)25(28)29)24-10-2-3-11-24/h4-9,12,17H,2-3,10-11,13H2,1H3,(H,23,27). The first kappa shape index (κ1) is 21.8. The van der Waals surface area contributed by atoms with Gasteiger partial charge >= 0.3 is 5.97 Å². The van der Waals surface area contributed by atoms with Crippen LogP contribution in [-0.2, 0) is 9.53 Å². The van der Waals surface area contributed by atoms with E-state index in [-0.39, 0.29) is 17.7 Å². The quantitative estimate of drug-likeness (QED) is 0.369. The highest BCUT2D eigenvalue weighted by atomic mass is 79.9. The van der Waals surface area contributed by atoms with E-state index in [1.165, 1.54) is 13.2 Å². The van der Waals surface area contributed by atoms with Crippen molar-refractivity contribution in [2.24, 2.45) is 0 Å². The zero-order valence-electron chi connectivity index (χ0n) is 16.5. The molecular formula is C21H22BrN3O5. The predicted molar refractivity (Wildman–Crippen MR) is 116 cm³/mol. The average molecular weight is 476 g/mol. The molecule has 1 fully saturated rings. The number of ether oxygens (including phenoxy) is 1. The zero-order valence-corrected chi connectivity index (χ0v) is 18.1. The summed E-state index contributed by atoms with van der Waals surface area (Å²) >= 11 is 3.36. The van der Waals surface area contributed by atoms with E-state index in [4.69, 9.17) is 4.74 Å². The Morgan fingerprint density at radius 2 is 1.87 bits per heavy atom. The molecule has 8 nitrogen and oxygen atoms in total. The fourth-order valence-electron chi connectivity index (χ4n) is 3.48. The Bertz CT molecular complexity index is 942. The van der Waals surface area contributed by atoms with Crippen LogP contribution in [-0.4, -0.2) is 37.0 Å². The Labute approximate surface area is 182 Å². The third-order valence-corrected chi connectivity index (χ3v) is 5.59. The first-order valence-electron chi connectivity index (χ1n) is 9.55. The lowest BCUT2D eigenvalue weighted by molar-refractivity contribution is -0.384. The lowest BCUT2D eigenvalue weighted by Gasteiger charge is -2.20. The van der Waals surface area contributed by atoms with E-state index in [2.05, 4.69) is 21.2 Å². The minimum absolute atomic E-state index is 0.0577. The van der Waals surface area contributed by atoms with Crippen molar-refractivity contribution in [1.82, 2.24) is 5.32 Å². The van der Waals surface area contributed by atoms with Crippen LogP contribution in [0.5, 0.6) is 0 Å². The molecule has 0 radical (unpaired) electrons. The molecule has 0 aliphatic carbocycles. The Morgan fingerprint density at radius 1 is 1.20 bits per heavy atom. The van der Waals surface area contributed by atoms with Gasteiger partial charge in [-0.1, -0.05) is 28.1 Å². The first-order chi connectivity index (χ1) is 14.4. The Morgan fingerprint density at radius 3 is 2.47 bits per heavy atom. The number of benzene rings is 2. The molecule has 9 heteroatoms. The number of hydrogen-bond donors (Lipinski definition) is 1. The van der Waals surface area contributed by atoms with Crippen molar-refractivity contribution < 1.29 is 19.2 Å². The monoisotopic (exact) mass is 475 g/mol. The van der Waals surface area contributed by atoms with Gasteiger partial charge in [0.25, 0.3) is 11.6 Å². The molecule has 1 amide bonds. The molecule has 0 aromatic heterocycles. The lowest BCUT2D eigenvalue weighted by Crippen LogP contribution is -2.30. The summed E-state index contributed by atoms with van der Waals surface area (Å²) in [6, 6.07) is 11.0. The molecule has 1 aliphatic rings. The van der Waals surface area contributed by atoms with Crippen LogP contribution >= 0.6 is 15.9 Å². The van der Waals surface area contributed by atoms with Crippen molar-refractivity contribution in [2.75, 3.05) is 25.1 Å². The molecule has 0 spiro atoms. The fraction of sp³-hybridized carbons (Fsp3) is 0.333. The summed E-state index contributed by atoms with van der Waals surface area (Å²) in [5.74, 6) is -0.971. The second-order valence-corrected chi connectivity index (χ2v) is 7.93. The summed E-state index contributed by atoms with van der Waals surface area (Å²) in [5.41, 5.74) is 1.31. The number of rotatable bonds is 7. The molecule has 0 bridgehead atoms. The third-order valence-electron chi connectivity index (χ3n) is 5.06. The van der Waals surface area contributed by atoms with Gasteiger partial charge in [-0.05, 0) is 42.7 Å². The number of anilines is 1. The lowest BCUT2D eigenvalue weighted by atomic mass is 10.0. The van der Waals surface area contributed by atoms with Crippen molar-refractivity contribution in [3.63, 3.8) is 0 Å². The summed E-state index contributed by atoms with van der Waals surface area (Å²) < 4.78 is 5.61. The van der Waals surface area contributed by atoms with Crippen LogP contribution < -0.4 is 10.2 Å². The molecule has 1 heterocycles. The van der Waals surface area contributed by atoms with Gasteiger partial charge in [-0.3, -0.25) is 19.7 Å². The van der Waals surface area contributed by atoms with Gasteiger partial charge in [0.05, 0.1) is 24.5 Å². The normalized spacial score (nSPS) is 14.3. The van der Waals surface area contributed by atoms with E-state index in [1.807, 2.05) is 4.90 Å². The number of nitrogens with one attached hydrogen (secondary N) is 1. The number of carbonyl (C=O) groups excluding carboxylic acids is 2. The summed E-state index contributed by atoms with van der Waals surface area (Å²) in [5, 5.41) is 14.4. The highest BCUT2D eigenvalue weighted by Gasteiger charge is 2.25. The molecule has 30 heavy (non-hydrogen) atoms. The van der Waals surface area contributed by atoms with E-state index in [9.17, 15) is 19.7 Å². The maximum Gasteiger partial charge on any atom is 0.307 e. The topological polar surface area (TPSA) is 102 Å². The summed E-state index contributed by atoms with van der Waals surface area (Å²) in [4.78, 5) is 37.8. The molecule has 1 aliphatic heterocycles. The van der Waals surface area contributed by atoms with Gasteiger partial charge < -0.3 is 15.0 Å². The van der Waals surface area contributed by atoms with Gasteiger partial charge in [-0.15, -0.1) is 0 Å². The fourth-order valence-corrected chi connectivity index (χ4v) is 3.74. The number of hydrogen-bond acceptors (Lipinski definition) is 6. The first-order valence-corrected chi connectivity index (χ1v) is 10.3. The van der Waals surface area contributed by atoms with Gasteiger partial charge in [0.1, 0.15) is 5.69 Å². The van der Waals surface area contributed by atoms with Crippen LogP contribution in [0.25, 0.3) is 0 Å². The van der Waals surface area contributed by atoms with E-state index < -0.39 is 22.8 Å². The number of methoxy groups -OCH3 is 1. The molecule has 2 aromatic carbocycles. The van der Waals surface area contributed by atoms with Gasteiger partial charge in [0, 0.05) is 29.2 Å². The Balaban J connectivity index is 1.85. The van der Waals surface area contributed by atoms with Crippen molar-refractivity contribution in [2.45, 2.75) is 25.3 Å². The van der Waals surface area contributed by atoms with Crippen LogP contribution in [0.2, 0.25) is 0 Å². The Kier molecular flexibility index (Phi) is 7.04. The second-order valence-electron chi connectivity index (χ2n) is 7.01. The molecule has 3 rings (SSSR count). The van der Waals surface area contributed by atoms with E-state index >= 15 is 0 Å². The Hall–Kier alpha value is -2.94. The second kappa shape index (κ2) is 9.71. The number of nitro benzene ring substituents is 1. The van der Waals surface area contributed by atoms with Crippen molar-refractivity contribution >= 4 is 39.2 Å². The van der Waals surface area contributed by atoms with Gasteiger partial charge in [0.15, 0.2) is 0 Å². The molecular weight excluding hydrogens is 454 g/mol. The summed E-state index contributed by atoms with van der Waals surface area (Å²) in [7, 11) is 1.28. The van der Waals surface area contributed by atoms with Gasteiger partial charge in [0.2, 0.25) is 0 Å². The SMILES string of the molecule is COC(=O)CC(NC(=O)c1ccc(N2CCCC2)c([N+](=O)[O-])c1)c1ccc(Br)cc1. The number of carbonyl (C=O) groups is 2. The van der Waals surface area contributed by atoms with Crippen LogP contribution in [0.4, 0.5) is 11.4 Å². The predicted octanol–water partition coefficient (Wildman–Crippen LogP) is 3.99. The van der Waals surface area contributed by atoms with Gasteiger partial charge in [-0.25, -0.2) is 0 Å².